The smallest absolute Gasteiger partial charge is 0.312 e. The summed E-state index contributed by atoms with van der Waals surface area (Å²) in [6.07, 6.45) is 2.97. The molecule has 2 unspecified atom stereocenters. The lowest BCUT2D eigenvalue weighted by Crippen LogP contribution is -2.33. The van der Waals surface area contributed by atoms with Gasteiger partial charge in [-0.25, -0.2) is 0 Å². The van der Waals surface area contributed by atoms with Crippen molar-refractivity contribution >= 4 is 14.1 Å². The molecule has 21 heavy (non-hydrogen) atoms. The maximum atomic E-state index is 12.6. The molecule has 0 saturated carbocycles. The molecule has 0 fully saturated rings. The van der Waals surface area contributed by atoms with E-state index in [9.17, 15) is 4.79 Å². The van der Waals surface area contributed by atoms with Crippen LogP contribution in [0.3, 0.4) is 0 Å². The average Bonchev–Trinajstić information content (AvgIpc) is 2.19. The number of carbonyl (C=O) groups excluding carboxylic acids is 1. The van der Waals surface area contributed by atoms with Crippen molar-refractivity contribution in [3.63, 3.8) is 0 Å². The number of hydrogen-bond donors (Lipinski definition) is 0. The second-order valence-corrected chi connectivity index (χ2v) is 11.6. The van der Waals surface area contributed by atoms with E-state index in [1.54, 1.807) is 0 Å². The first-order valence-corrected chi connectivity index (χ1v) is 9.94. The van der Waals surface area contributed by atoms with Gasteiger partial charge in [0.1, 0.15) is 0 Å². The molecule has 0 spiro atoms. The largest absolute Gasteiger partial charge is 0.445 e. The zero-order chi connectivity index (χ0) is 17.1. The molecule has 0 rings (SSSR count). The highest BCUT2D eigenvalue weighted by Gasteiger charge is 2.36. The highest BCUT2D eigenvalue weighted by molar-refractivity contribution is 7.52. The third-order valence-electron chi connectivity index (χ3n) is 3.57. The van der Waals surface area contributed by atoms with Crippen molar-refractivity contribution in [2.24, 2.45) is 22.2 Å². The van der Waals surface area contributed by atoms with Gasteiger partial charge in [-0.2, -0.15) is 0 Å². The lowest BCUT2D eigenvalue weighted by atomic mass is 9.72. The number of hydrogen-bond acceptors (Lipinski definition) is 2. The Labute approximate surface area is 134 Å². The molecule has 0 aliphatic carbocycles. The van der Waals surface area contributed by atoms with Gasteiger partial charge in [-0.3, -0.25) is 4.79 Å². The lowest BCUT2D eigenvalue weighted by Gasteiger charge is -2.34. The Kier molecular flexibility index (Phi) is 7.41. The summed E-state index contributed by atoms with van der Waals surface area (Å²) >= 11 is 0. The van der Waals surface area contributed by atoms with Gasteiger partial charge in [0.25, 0.3) is 0 Å². The van der Waals surface area contributed by atoms with Gasteiger partial charge in [0.15, 0.2) is 0 Å². The third kappa shape index (κ3) is 10.3. The molecule has 0 heterocycles. The minimum Gasteiger partial charge on any atom is -0.445 e. The van der Waals surface area contributed by atoms with Crippen molar-refractivity contribution in [2.75, 3.05) is 12.8 Å². The van der Waals surface area contributed by atoms with E-state index in [-0.39, 0.29) is 22.7 Å². The molecular formula is C18H37O2P. The molecule has 126 valence electrons. The molecule has 0 bridgehead atoms. The SMILES string of the molecule is CP(CCC(C)(C)C)OC(=O)C(CC(C)(C)C)C(C)(C)C. The molecule has 0 aliphatic rings. The second-order valence-electron chi connectivity index (χ2n) is 9.76. The molecule has 2 nitrogen and oxygen atoms in total. The summed E-state index contributed by atoms with van der Waals surface area (Å²) in [6.45, 7) is 21.7. The summed E-state index contributed by atoms with van der Waals surface area (Å²) in [6, 6.07) is 0. The van der Waals surface area contributed by atoms with Crippen LogP contribution in [-0.2, 0) is 9.32 Å². The maximum absolute atomic E-state index is 12.6. The van der Waals surface area contributed by atoms with Crippen LogP contribution in [0.15, 0.2) is 0 Å². The molecule has 0 aromatic carbocycles. The van der Waals surface area contributed by atoms with Gasteiger partial charge in [-0.1, -0.05) is 62.3 Å². The van der Waals surface area contributed by atoms with Gasteiger partial charge in [0, 0.05) is 6.16 Å². The Morgan fingerprint density at radius 3 is 1.76 bits per heavy atom. The highest BCUT2D eigenvalue weighted by atomic mass is 31.1. The summed E-state index contributed by atoms with van der Waals surface area (Å²) in [5.41, 5.74) is 0.390. The van der Waals surface area contributed by atoms with Crippen LogP contribution in [-0.4, -0.2) is 18.8 Å². The molecule has 0 amide bonds. The van der Waals surface area contributed by atoms with Gasteiger partial charge >= 0.3 is 5.97 Å². The van der Waals surface area contributed by atoms with Crippen LogP contribution < -0.4 is 0 Å². The molecule has 0 radical (unpaired) electrons. The van der Waals surface area contributed by atoms with E-state index >= 15 is 0 Å². The normalized spacial score (nSPS) is 16.5. The van der Waals surface area contributed by atoms with E-state index in [1.807, 2.05) is 0 Å². The monoisotopic (exact) mass is 316 g/mol. The quantitative estimate of drug-likeness (QED) is 0.574. The molecule has 3 heteroatoms. The average molecular weight is 316 g/mol. The van der Waals surface area contributed by atoms with Crippen molar-refractivity contribution in [3.8, 4) is 0 Å². The number of rotatable bonds is 5. The van der Waals surface area contributed by atoms with E-state index in [0.29, 0.717) is 5.41 Å². The van der Waals surface area contributed by atoms with Crippen LogP contribution in [0.1, 0.15) is 75.2 Å². The van der Waals surface area contributed by atoms with Crippen molar-refractivity contribution in [1.29, 1.82) is 0 Å². The van der Waals surface area contributed by atoms with Gasteiger partial charge in [0.2, 0.25) is 0 Å². The minimum atomic E-state index is -0.655. The van der Waals surface area contributed by atoms with E-state index < -0.39 is 8.15 Å². The third-order valence-corrected chi connectivity index (χ3v) is 4.91. The van der Waals surface area contributed by atoms with Crippen molar-refractivity contribution in [2.45, 2.75) is 75.2 Å². The van der Waals surface area contributed by atoms with Crippen LogP contribution in [0.25, 0.3) is 0 Å². The van der Waals surface area contributed by atoms with Gasteiger partial charge in [-0.15, -0.1) is 0 Å². The summed E-state index contributed by atoms with van der Waals surface area (Å²) in [4.78, 5) is 12.6. The van der Waals surface area contributed by atoms with Crippen molar-refractivity contribution in [3.05, 3.63) is 0 Å². The first-order chi connectivity index (χ1) is 9.12. The first-order valence-electron chi connectivity index (χ1n) is 8.05. The second kappa shape index (κ2) is 7.44. The molecule has 0 aromatic heterocycles. The van der Waals surface area contributed by atoms with Crippen molar-refractivity contribution in [1.82, 2.24) is 0 Å². The fraction of sp³-hybridized carbons (Fsp3) is 0.944. The van der Waals surface area contributed by atoms with E-state index in [2.05, 4.69) is 69.0 Å². The molecule has 0 aromatic rings. The summed E-state index contributed by atoms with van der Waals surface area (Å²) in [5.74, 6) is -0.0305. The topological polar surface area (TPSA) is 26.3 Å². The number of carbonyl (C=O) groups is 1. The standard InChI is InChI=1S/C18H37O2P/c1-16(2,3)11-12-21(10)20-15(19)14(18(7,8)9)13-17(4,5)6/h14H,11-13H2,1-10H3. The highest BCUT2D eigenvalue weighted by Crippen LogP contribution is 2.42. The molecule has 0 N–H and O–H groups in total. The lowest BCUT2D eigenvalue weighted by molar-refractivity contribution is -0.143. The van der Waals surface area contributed by atoms with Crippen molar-refractivity contribution < 1.29 is 9.32 Å². The minimum absolute atomic E-state index is 0.0000507. The molecular weight excluding hydrogens is 279 g/mol. The first kappa shape index (κ1) is 20.9. The Balaban J connectivity index is 4.69. The Morgan fingerprint density at radius 2 is 1.43 bits per heavy atom. The molecule has 0 saturated heterocycles. The van der Waals surface area contributed by atoms with Gasteiger partial charge in [-0.05, 0) is 35.8 Å². The summed E-state index contributed by atoms with van der Waals surface area (Å²) in [5, 5.41) is 0. The van der Waals surface area contributed by atoms with E-state index in [0.717, 1.165) is 19.0 Å². The fourth-order valence-electron chi connectivity index (χ4n) is 2.11. The maximum Gasteiger partial charge on any atom is 0.312 e. The fourth-order valence-corrected chi connectivity index (χ4v) is 3.62. The van der Waals surface area contributed by atoms with Crippen LogP contribution in [0, 0.1) is 22.2 Å². The zero-order valence-corrected chi connectivity index (χ0v) is 16.9. The summed E-state index contributed by atoms with van der Waals surface area (Å²) in [7, 11) is -0.655. The molecule has 2 atom stereocenters. The predicted molar refractivity (Wildman–Crippen MR) is 94.9 cm³/mol. The van der Waals surface area contributed by atoms with E-state index in [4.69, 9.17) is 4.52 Å². The van der Waals surface area contributed by atoms with Crippen LogP contribution in [0.5, 0.6) is 0 Å². The van der Waals surface area contributed by atoms with E-state index in [1.165, 1.54) is 0 Å². The Bertz CT molecular complexity index is 329. The molecule has 0 aliphatic heterocycles. The predicted octanol–water partition coefficient (Wildman–Crippen LogP) is 6.09. The summed E-state index contributed by atoms with van der Waals surface area (Å²) < 4.78 is 5.81. The van der Waals surface area contributed by atoms with Crippen LogP contribution in [0.4, 0.5) is 0 Å². The van der Waals surface area contributed by atoms with Crippen LogP contribution >= 0.6 is 8.15 Å². The Hall–Kier alpha value is -0.100. The van der Waals surface area contributed by atoms with Crippen LogP contribution in [0.2, 0.25) is 0 Å². The van der Waals surface area contributed by atoms with Gasteiger partial charge < -0.3 is 4.52 Å². The Morgan fingerprint density at radius 1 is 0.952 bits per heavy atom. The van der Waals surface area contributed by atoms with Gasteiger partial charge in [0.05, 0.1) is 14.1 Å². The zero-order valence-electron chi connectivity index (χ0n) is 16.0.